The van der Waals surface area contributed by atoms with Crippen LogP contribution in [0.2, 0.25) is 0 Å². The number of likely N-dealkylation sites (tertiary alicyclic amines) is 1. The quantitative estimate of drug-likeness (QED) is 0.429. The number of hydrogen-bond donors (Lipinski definition) is 0. The van der Waals surface area contributed by atoms with E-state index in [1.54, 1.807) is 11.0 Å². The fraction of sp³-hybridized carbons (Fsp3) is 0.667. The molecule has 2 amide bonds. The number of ether oxygens (including phenoxy) is 1. The molecule has 2 aliphatic rings. The van der Waals surface area contributed by atoms with Crippen molar-refractivity contribution in [2.24, 2.45) is 17.3 Å². The van der Waals surface area contributed by atoms with Gasteiger partial charge in [0.1, 0.15) is 10.9 Å². The van der Waals surface area contributed by atoms with E-state index in [1.807, 2.05) is 32.6 Å². The smallest absolute Gasteiger partial charge is 0.350 e. The van der Waals surface area contributed by atoms with Crippen molar-refractivity contribution in [2.75, 3.05) is 25.1 Å². The lowest BCUT2D eigenvalue weighted by molar-refractivity contribution is -0.137. The molecule has 1 aliphatic carbocycles. The molecule has 0 aromatic carbocycles. The molecule has 0 bridgehead atoms. The first-order valence-corrected chi connectivity index (χ1v) is 13.2. The molecule has 7 heteroatoms. The van der Waals surface area contributed by atoms with Gasteiger partial charge in [0.15, 0.2) is 0 Å². The molecule has 0 spiro atoms. The summed E-state index contributed by atoms with van der Waals surface area (Å²) >= 11 is 1.23. The van der Waals surface area contributed by atoms with E-state index in [-0.39, 0.29) is 23.1 Å². The van der Waals surface area contributed by atoms with Crippen LogP contribution in [0.25, 0.3) is 0 Å². The molecule has 2 fully saturated rings. The van der Waals surface area contributed by atoms with Crippen LogP contribution >= 0.6 is 11.3 Å². The van der Waals surface area contributed by atoms with E-state index >= 15 is 0 Å². The zero-order chi connectivity index (χ0) is 25.0. The molecule has 186 valence electrons. The van der Waals surface area contributed by atoms with Crippen molar-refractivity contribution in [1.29, 1.82) is 0 Å². The highest BCUT2D eigenvalue weighted by molar-refractivity contribution is 7.15. The number of nitrogens with zero attached hydrogens (tertiary/aromatic N) is 2. The van der Waals surface area contributed by atoms with Gasteiger partial charge in [-0.25, -0.2) is 4.79 Å². The van der Waals surface area contributed by atoms with Crippen molar-refractivity contribution >= 4 is 34.8 Å². The normalized spacial score (nSPS) is 23.2. The lowest BCUT2D eigenvalue weighted by Gasteiger charge is -2.40. The summed E-state index contributed by atoms with van der Waals surface area (Å²) in [6.07, 6.45) is 5.03. The third kappa shape index (κ3) is 6.02. The summed E-state index contributed by atoms with van der Waals surface area (Å²) < 4.78 is 5.07. The van der Waals surface area contributed by atoms with Gasteiger partial charge in [-0.2, -0.15) is 0 Å². The number of esters is 1. The van der Waals surface area contributed by atoms with Gasteiger partial charge in [-0.3, -0.25) is 14.5 Å². The number of piperidine rings is 1. The van der Waals surface area contributed by atoms with Gasteiger partial charge in [0.05, 0.1) is 17.7 Å². The fourth-order valence-corrected chi connectivity index (χ4v) is 5.65. The third-order valence-electron chi connectivity index (χ3n) is 6.70. The third-order valence-corrected chi connectivity index (χ3v) is 7.72. The van der Waals surface area contributed by atoms with E-state index in [9.17, 15) is 14.4 Å². The lowest BCUT2D eigenvalue weighted by atomic mass is 9.82. The predicted molar refractivity (Wildman–Crippen MR) is 136 cm³/mol. The molecule has 1 aromatic rings. The van der Waals surface area contributed by atoms with Gasteiger partial charge < -0.3 is 9.64 Å². The number of amides is 2. The van der Waals surface area contributed by atoms with Gasteiger partial charge in [0.2, 0.25) is 11.8 Å². The lowest BCUT2D eigenvalue weighted by Crippen LogP contribution is -2.56. The predicted octanol–water partition coefficient (Wildman–Crippen LogP) is 5.10. The number of methoxy groups -OCH3 is 1. The van der Waals surface area contributed by atoms with Crippen molar-refractivity contribution < 1.29 is 19.1 Å². The summed E-state index contributed by atoms with van der Waals surface area (Å²) in [5.74, 6) is 6.23. The summed E-state index contributed by atoms with van der Waals surface area (Å²) in [7, 11) is 1.34. The molecule has 1 atom stereocenters. The van der Waals surface area contributed by atoms with Crippen LogP contribution < -0.4 is 4.90 Å². The maximum Gasteiger partial charge on any atom is 0.350 e. The summed E-state index contributed by atoms with van der Waals surface area (Å²) in [6, 6.07) is 1.19. The summed E-state index contributed by atoms with van der Waals surface area (Å²) in [5, 5.41) is 0. The van der Waals surface area contributed by atoms with Gasteiger partial charge in [-0.15, -0.1) is 11.3 Å². The Hall–Kier alpha value is -2.33. The second kappa shape index (κ2) is 10.9. The maximum atomic E-state index is 14.0. The Bertz CT molecular complexity index is 973. The van der Waals surface area contributed by atoms with Gasteiger partial charge in [-0.05, 0) is 78.2 Å². The number of carbonyl (C=O) groups is 3. The van der Waals surface area contributed by atoms with Crippen LogP contribution in [0.1, 0.15) is 87.7 Å². The highest BCUT2D eigenvalue weighted by atomic mass is 32.1. The van der Waals surface area contributed by atoms with Gasteiger partial charge in [0.25, 0.3) is 0 Å². The van der Waals surface area contributed by atoms with Gasteiger partial charge in [0, 0.05) is 24.4 Å². The minimum absolute atomic E-state index is 0.0457. The number of hydrogen-bond acceptors (Lipinski definition) is 5. The number of rotatable bonds is 5. The first kappa shape index (κ1) is 26.3. The Kier molecular flexibility index (Phi) is 8.46. The van der Waals surface area contributed by atoms with Gasteiger partial charge in [-0.1, -0.05) is 18.8 Å². The Morgan fingerprint density at radius 1 is 1.21 bits per heavy atom. The molecule has 1 saturated heterocycles. The van der Waals surface area contributed by atoms with Gasteiger partial charge >= 0.3 is 5.97 Å². The molecule has 1 aromatic heterocycles. The molecule has 0 N–H and O–H groups in total. The average molecular weight is 487 g/mol. The average Bonchev–Trinajstić information content (AvgIpc) is 3.22. The Balaban J connectivity index is 2.10. The zero-order valence-electron chi connectivity index (χ0n) is 21.4. The molecule has 1 aliphatic heterocycles. The largest absolute Gasteiger partial charge is 0.465 e. The fourth-order valence-electron chi connectivity index (χ4n) is 4.73. The summed E-state index contributed by atoms with van der Waals surface area (Å²) in [6.45, 7) is 11.6. The second-order valence-corrected chi connectivity index (χ2v) is 11.6. The molecule has 3 rings (SSSR count). The van der Waals surface area contributed by atoms with Crippen molar-refractivity contribution in [3.8, 4) is 11.8 Å². The van der Waals surface area contributed by atoms with E-state index in [1.165, 1.54) is 18.4 Å². The van der Waals surface area contributed by atoms with Crippen LogP contribution in [0.3, 0.4) is 0 Å². The van der Waals surface area contributed by atoms with E-state index in [0.717, 1.165) is 32.1 Å². The number of carbonyl (C=O) groups excluding carboxylic acids is 3. The maximum absolute atomic E-state index is 14.0. The number of anilines is 1. The standard InChI is InChI=1S/C27H38N2O4S/c1-7-28-16-8-9-21(25(28)31)29(24(30)19-12-10-18(2)11-13-19)22-17-20(14-15-27(3,4)5)34-23(22)26(32)33-6/h17-19,21H,7-13,16H2,1-6H3/t18?,19?,21-/m0/s1. The molecule has 1 saturated carbocycles. The first-order valence-electron chi connectivity index (χ1n) is 12.4. The van der Waals surface area contributed by atoms with Crippen LogP contribution in [0.15, 0.2) is 6.07 Å². The van der Waals surface area contributed by atoms with E-state index < -0.39 is 12.0 Å². The summed E-state index contributed by atoms with van der Waals surface area (Å²) in [5.41, 5.74) is 0.264. The Morgan fingerprint density at radius 2 is 1.88 bits per heavy atom. The van der Waals surface area contributed by atoms with Crippen molar-refractivity contribution in [1.82, 2.24) is 4.90 Å². The number of thiophene rings is 1. The Labute approximate surface area is 208 Å². The van der Waals surface area contributed by atoms with E-state index in [0.29, 0.717) is 40.9 Å². The highest BCUT2D eigenvalue weighted by Gasteiger charge is 2.41. The first-order chi connectivity index (χ1) is 16.1. The number of likely N-dealkylation sites (N-methyl/N-ethyl adjacent to an activating group) is 1. The molecule has 34 heavy (non-hydrogen) atoms. The van der Waals surface area contributed by atoms with E-state index in [4.69, 9.17) is 4.74 Å². The van der Waals surface area contributed by atoms with Crippen LogP contribution in [0.5, 0.6) is 0 Å². The molecule has 2 heterocycles. The molecule has 0 radical (unpaired) electrons. The summed E-state index contributed by atoms with van der Waals surface area (Å²) in [4.78, 5) is 44.7. The highest BCUT2D eigenvalue weighted by Crippen LogP contribution is 2.38. The van der Waals surface area contributed by atoms with Crippen molar-refractivity contribution in [2.45, 2.75) is 79.2 Å². The Morgan fingerprint density at radius 3 is 2.47 bits per heavy atom. The van der Waals surface area contributed by atoms with Crippen molar-refractivity contribution in [3.05, 3.63) is 15.8 Å². The van der Waals surface area contributed by atoms with Crippen LogP contribution in [0.4, 0.5) is 5.69 Å². The van der Waals surface area contributed by atoms with Crippen molar-refractivity contribution in [3.63, 3.8) is 0 Å². The van der Waals surface area contributed by atoms with Crippen LogP contribution in [-0.2, 0) is 14.3 Å². The SMILES string of the molecule is CCN1CCC[C@H](N(C(=O)C2CCC(C)CC2)c2cc(C#CC(C)(C)C)sc2C(=O)OC)C1=O. The minimum Gasteiger partial charge on any atom is -0.465 e. The zero-order valence-corrected chi connectivity index (χ0v) is 22.2. The topological polar surface area (TPSA) is 66.9 Å². The van der Waals surface area contributed by atoms with Crippen LogP contribution in [0, 0.1) is 29.1 Å². The molecule has 0 unspecified atom stereocenters. The monoisotopic (exact) mass is 486 g/mol. The molecular weight excluding hydrogens is 448 g/mol. The minimum atomic E-state index is -0.609. The molecular formula is C27H38N2O4S. The van der Waals surface area contributed by atoms with Crippen LogP contribution in [-0.4, -0.2) is 48.9 Å². The molecule has 6 nitrogen and oxygen atoms in total. The second-order valence-electron chi connectivity index (χ2n) is 10.6. The van der Waals surface area contributed by atoms with E-state index in [2.05, 4.69) is 18.8 Å².